The molecule has 0 aromatic rings. The van der Waals surface area contributed by atoms with Crippen LogP contribution in [-0.2, 0) is 4.74 Å². The van der Waals surface area contributed by atoms with E-state index < -0.39 is 0 Å². The van der Waals surface area contributed by atoms with Crippen molar-refractivity contribution in [3.05, 3.63) is 0 Å². The van der Waals surface area contributed by atoms with E-state index in [0.29, 0.717) is 18.6 Å². The second-order valence-corrected chi connectivity index (χ2v) is 3.06. The van der Waals surface area contributed by atoms with Gasteiger partial charge in [-0.3, -0.25) is 0 Å². The Labute approximate surface area is 67.5 Å². The van der Waals surface area contributed by atoms with Crippen LogP contribution in [0.4, 0.5) is 0 Å². The van der Waals surface area contributed by atoms with Gasteiger partial charge in [0.2, 0.25) is 0 Å². The highest BCUT2D eigenvalue weighted by atomic mass is 16.5. The number of nitrogens with two attached hydrogens (primary N) is 1. The first-order valence-corrected chi connectivity index (χ1v) is 4.31. The molecule has 3 heteroatoms. The van der Waals surface area contributed by atoms with E-state index in [1.165, 1.54) is 0 Å². The number of hydrogen-bond acceptors (Lipinski definition) is 3. The molecule has 0 aromatic heterocycles. The Bertz CT molecular complexity index is 102. The highest BCUT2D eigenvalue weighted by molar-refractivity contribution is 4.74. The van der Waals surface area contributed by atoms with Gasteiger partial charge in [-0.15, -0.1) is 0 Å². The fraction of sp³-hybridized carbons (Fsp3) is 1.00. The van der Waals surface area contributed by atoms with Gasteiger partial charge < -0.3 is 15.6 Å². The standard InChI is InChI=1S/C8H17NO2/c9-6-7(3-4-10)8-2-1-5-11-8/h7-8,10H,1-6,9H2. The van der Waals surface area contributed by atoms with Crippen LogP contribution >= 0.6 is 0 Å². The van der Waals surface area contributed by atoms with Crippen LogP contribution in [0.15, 0.2) is 0 Å². The predicted octanol–water partition coefficient (Wildman–Crippen LogP) is 0.123. The molecule has 0 bridgehead atoms. The number of aliphatic hydroxyl groups excluding tert-OH is 1. The van der Waals surface area contributed by atoms with Crippen LogP contribution in [0, 0.1) is 5.92 Å². The van der Waals surface area contributed by atoms with E-state index in [0.717, 1.165) is 25.9 Å². The second kappa shape index (κ2) is 4.70. The Morgan fingerprint density at radius 3 is 2.91 bits per heavy atom. The normalized spacial score (nSPS) is 27.3. The molecule has 1 fully saturated rings. The summed E-state index contributed by atoms with van der Waals surface area (Å²) in [5.41, 5.74) is 5.55. The molecule has 3 N–H and O–H groups in total. The van der Waals surface area contributed by atoms with Crippen molar-refractivity contribution in [1.82, 2.24) is 0 Å². The Morgan fingerprint density at radius 1 is 1.64 bits per heavy atom. The number of rotatable bonds is 4. The summed E-state index contributed by atoms with van der Waals surface area (Å²) in [5, 5.41) is 8.72. The minimum Gasteiger partial charge on any atom is -0.396 e. The highest BCUT2D eigenvalue weighted by Gasteiger charge is 2.23. The van der Waals surface area contributed by atoms with Crippen LogP contribution in [0.1, 0.15) is 19.3 Å². The molecule has 1 aliphatic heterocycles. The molecule has 2 unspecified atom stereocenters. The van der Waals surface area contributed by atoms with Crippen molar-refractivity contribution >= 4 is 0 Å². The van der Waals surface area contributed by atoms with E-state index in [4.69, 9.17) is 15.6 Å². The summed E-state index contributed by atoms with van der Waals surface area (Å²) in [5.74, 6) is 0.363. The molecule has 11 heavy (non-hydrogen) atoms. The molecule has 1 saturated heterocycles. The zero-order chi connectivity index (χ0) is 8.10. The maximum absolute atomic E-state index is 8.72. The highest BCUT2D eigenvalue weighted by Crippen LogP contribution is 2.21. The molecule has 1 aliphatic rings. The van der Waals surface area contributed by atoms with Gasteiger partial charge in [0.15, 0.2) is 0 Å². The lowest BCUT2D eigenvalue weighted by Crippen LogP contribution is -2.28. The van der Waals surface area contributed by atoms with Crippen molar-refractivity contribution in [2.75, 3.05) is 19.8 Å². The van der Waals surface area contributed by atoms with Gasteiger partial charge >= 0.3 is 0 Å². The minimum absolute atomic E-state index is 0.224. The lowest BCUT2D eigenvalue weighted by atomic mass is 9.97. The smallest absolute Gasteiger partial charge is 0.0617 e. The lowest BCUT2D eigenvalue weighted by Gasteiger charge is -2.19. The summed E-state index contributed by atoms with van der Waals surface area (Å²) in [6, 6.07) is 0. The molecule has 66 valence electrons. The summed E-state index contributed by atoms with van der Waals surface area (Å²) in [6.07, 6.45) is 3.35. The summed E-state index contributed by atoms with van der Waals surface area (Å²) in [4.78, 5) is 0. The molecule has 2 atom stereocenters. The SMILES string of the molecule is NCC(CCO)C1CCCO1. The van der Waals surface area contributed by atoms with E-state index in [-0.39, 0.29) is 6.61 Å². The van der Waals surface area contributed by atoms with Crippen LogP contribution < -0.4 is 5.73 Å². The van der Waals surface area contributed by atoms with E-state index in [1.807, 2.05) is 0 Å². The number of ether oxygens (including phenoxy) is 1. The first-order chi connectivity index (χ1) is 5.38. The molecule has 0 aromatic carbocycles. The fourth-order valence-electron chi connectivity index (χ4n) is 1.60. The van der Waals surface area contributed by atoms with Crippen molar-refractivity contribution in [3.8, 4) is 0 Å². The molecule has 0 saturated carbocycles. The Balaban J connectivity index is 2.27. The van der Waals surface area contributed by atoms with Crippen molar-refractivity contribution in [2.24, 2.45) is 11.7 Å². The molecule has 0 spiro atoms. The third-order valence-corrected chi connectivity index (χ3v) is 2.29. The van der Waals surface area contributed by atoms with Gasteiger partial charge in [0.25, 0.3) is 0 Å². The molecule has 0 radical (unpaired) electrons. The molecular weight excluding hydrogens is 142 g/mol. The molecule has 0 aliphatic carbocycles. The monoisotopic (exact) mass is 159 g/mol. The third kappa shape index (κ3) is 2.43. The van der Waals surface area contributed by atoms with Crippen molar-refractivity contribution < 1.29 is 9.84 Å². The molecule has 3 nitrogen and oxygen atoms in total. The van der Waals surface area contributed by atoms with E-state index >= 15 is 0 Å². The first-order valence-electron chi connectivity index (χ1n) is 4.31. The predicted molar refractivity (Wildman–Crippen MR) is 43.2 cm³/mol. The average Bonchev–Trinajstić information content (AvgIpc) is 2.52. The largest absolute Gasteiger partial charge is 0.396 e. The Hall–Kier alpha value is -0.120. The van der Waals surface area contributed by atoms with Gasteiger partial charge in [-0.05, 0) is 31.7 Å². The number of hydrogen-bond donors (Lipinski definition) is 2. The topological polar surface area (TPSA) is 55.5 Å². The van der Waals surface area contributed by atoms with Crippen LogP contribution in [0.2, 0.25) is 0 Å². The maximum Gasteiger partial charge on any atom is 0.0617 e. The van der Waals surface area contributed by atoms with E-state index in [9.17, 15) is 0 Å². The Morgan fingerprint density at radius 2 is 2.45 bits per heavy atom. The van der Waals surface area contributed by atoms with Gasteiger partial charge in [0.05, 0.1) is 6.10 Å². The first kappa shape index (κ1) is 8.97. The van der Waals surface area contributed by atoms with Gasteiger partial charge in [-0.1, -0.05) is 0 Å². The van der Waals surface area contributed by atoms with Gasteiger partial charge in [-0.25, -0.2) is 0 Å². The van der Waals surface area contributed by atoms with Crippen LogP contribution in [0.25, 0.3) is 0 Å². The zero-order valence-corrected chi connectivity index (χ0v) is 6.83. The number of aliphatic hydroxyl groups is 1. The van der Waals surface area contributed by atoms with E-state index in [1.54, 1.807) is 0 Å². The van der Waals surface area contributed by atoms with Gasteiger partial charge in [0, 0.05) is 13.2 Å². The summed E-state index contributed by atoms with van der Waals surface area (Å²) >= 11 is 0. The van der Waals surface area contributed by atoms with Crippen LogP contribution in [0.5, 0.6) is 0 Å². The third-order valence-electron chi connectivity index (χ3n) is 2.29. The Kier molecular flexibility index (Phi) is 3.83. The van der Waals surface area contributed by atoms with Crippen LogP contribution in [-0.4, -0.2) is 31.0 Å². The van der Waals surface area contributed by atoms with Gasteiger partial charge in [0.1, 0.15) is 0 Å². The molecule has 1 heterocycles. The summed E-state index contributed by atoms with van der Waals surface area (Å²) in [7, 11) is 0. The zero-order valence-electron chi connectivity index (χ0n) is 6.83. The van der Waals surface area contributed by atoms with E-state index in [2.05, 4.69) is 0 Å². The van der Waals surface area contributed by atoms with Crippen molar-refractivity contribution in [2.45, 2.75) is 25.4 Å². The summed E-state index contributed by atoms with van der Waals surface area (Å²) < 4.78 is 5.47. The fourth-order valence-corrected chi connectivity index (χ4v) is 1.60. The maximum atomic E-state index is 8.72. The minimum atomic E-state index is 0.224. The average molecular weight is 159 g/mol. The lowest BCUT2D eigenvalue weighted by molar-refractivity contribution is 0.0552. The van der Waals surface area contributed by atoms with Crippen LogP contribution in [0.3, 0.4) is 0 Å². The quantitative estimate of drug-likeness (QED) is 0.612. The summed E-state index contributed by atoms with van der Waals surface area (Å²) in [6.45, 7) is 1.72. The molecule has 0 amide bonds. The molecular formula is C8H17NO2. The van der Waals surface area contributed by atoms with Crippen molar-refractivity contribution in [3.63, 3.8) is 0 Å². The van der Waals surface area contributed by atoms with Crippen molar-refractivity contribution in [1.29, 1.82) is 0 Å². The van der Waals surface area contributed by atoms with Gasteiger partial charge in [-0.2, -0.15) is 0 Å². The molecule has 1 rings (SSSR count). The second-order valence-electron chi connectivity index (χ2n) is 3.06.